The molecular weight excluding hydrogens is 399 g/mol. The number of anilines is 2. The van der Waals surface area contributed by atoms with E-state index in [0.717, 1.165) is 42.9 Å². The standard InChI is InChI=1S/C20H22F3N5S/c21-20(22,23)16-10-17(28-11-13-6-4-5-7-14(13)12-28)26-18(25-16)27-19(29)24-15-8-2-1-3-9-15/h4-7,10,15H,1-3,8-9,11-12H2,(H2,24,25,26,27,29). The number of rotatable bonds is 3. The Hall–Kier alpha value is -2.42. The molecule has 2 aromatic rings. The molecule has 4 rings (SSSR count). The molecule has 0 amide bonds. The number of hydrogen-bond acceptors (Lipinski definition) is 4. The van der Waals surface area contributed by atoms with Gasteiger partial charge < -0.3 is 15.5 Å². The van der Waals surface area contributed by atoms with Crippen LogP contribution in [0.4, 0.5) is 24.9 Å². The van der Waals surface area contributed by atoms with E-state index in [1.165, 1.54) is 6.42 Å². The summed E-state index contributed by atoms with van der Waals surface area (Å²) in [7, 11) is 0. The molecular formula is C20H22F3N5S. The highest BCUT2D eigenvalue weighted by atomic mass is 32.1. The number of halogens is 3. The largest absolute Gasteiger partial charge is 0.433 e. The Balaban J connectivity index is 1.54. The van der Waals surface area contributed by atoms with Gasteiger partial charge in [-0.25, -0.2) is 4.98 Å². The minimum Gasteiger partial charge on any atom is -0.360 e. The van der Waals surface area contributed by atoms with Crippen LogP contribution >= 0.6 is 12.2 Å². The van der Waals surface area contributed by atoms with Crippen molar-refractivity contribution in [2.45, 2.75) is 57.4 Å². The predicted molar refractivity (Wildman–Crippen MR) is 110 cm³/mol. The number of aromatic nitrogens is 2. The lowest BCUT2D eigenvalue weighted by Gasteiger charge is -2.24. The number of alkyl halides is 3. The van der Waals surface area contributed by atoms with E-state index < -0.39 is 11.9 Å². The molecule has 0 radical (unpaired) electrons. The fourth-order valence-electron chi connectivity index (χ4n) is 3.86. The van der Waals surface area contributed by atoms with Gasteiger partial charge >= 0.3 is 6.18 Å². The lowest BCUT2D eigenvalue weighted by atomic mass is 9.96. The molecule has 9 heteroatoms. The summed E-state index contributed by atoms with van der Waals surface area (Å²) in [6.45, 7) is 1.02. The molecule has 154 valence electrons. The van der Waals surface area contributed by atoms with Gasteiger partial charge in [0.05, 0.1) is 0 Å². The van der Waals surface area contributed by atoms with Crippen LogP contribution in [-0.4, -0.2) is 21.1 Å². The fraction of sp³-hybridized carbons (Fsp3) is 0.450. The van der Waals surface area contributed by atoms with Gasteiger partial charge in [0.15, 0.2) is 10.8 Å². The highest BCUT2D eigenvalue weighted by Crippen LogP contribution is 2.33. The van der Waals surface area contributed by atoms with Gasteiger partial charge in [-0.15, -0.1) is 0 Å². The van der Waals surface area contributed by atoms with E-state index >= 15 is 0 Å². The molecule has 0 unspecified atom stereocenters. The highest BCUT2D eigenvalue weighted by molar-refractivity contribution is 7.80. The summed E-state index contributed by atoms with van der Waals surface area (Å²) in [4.78, 5) is 9.79. The SMILES string of the molecule is FC(F)(F)c1cc(N2Cc3ccccc3C2)nc(NC(=S)NC2CCCCC2)n1. The number of nitrogens with one attached hydrogen (secondary N) is 2. The Morgan fingerprint density at radius 3 is 2.31 bits per heavy atom. The molecule has 2 N–H and O–H groups in total. The molecule has 2 heterocycles. The van der Waals surface area contributed by atoms with Crippen molar-refractivity contribution >= 4 is 29.1 Å². The molecule has 29 heavy (non-hydrogen) atoms. The minimum absolute atomic E-state index is 0.140. The van der Waals surface area contributed by atoms with E-state index in [2.05, 4.69) is 20.6 Å². The van der Waals surface area contributed by atoms with E-state index in [0.29, 0.717) is 13.1 Å². The maximum atomic E-state index is 13.4. The van der Waals surface area contributed by atoms with E-state index in [1.807, 2.05) is 29.2 Å². The number of fused-ring (bicyclic) bond motifs is 1. The van der Waals surface area contributed by atoms with Gasteiger partial charge in [0.1, 0.15) is 5.82 Å². The first kappa shape index (κ1) is 19.9. The third kappa shape index (κ3) is 4.77. The van der Waals surface area contributed by atoms with E-state index in [4.69, 9.17) is 12.2 Å². The molecule has 0 saturated heterocycles. The summed E-state index contributed by atoms with van der Waals surface area (Å²) < 4.78 is 40.3. The number of nitrogens with zero attached hydrogens (tertiary/aromatic N) is 3. The van der Waals surface area contributed by atoms with Crippen LogP contribution in [0.5, 0.6) is 0 Å². The van der Waals surface area contributed by atoms with E-state index in [-0.39, 0.29) is 22.9 Å². The lowest BCUT2D eigenvalue weighted by molar-refractivity contribution is -0.141. The zero-order valence-corrected chi connectivity index (χ0v) is 16.6. The Morgan fingerprint density at radius 2 is 1.69 bits per heavy atom. The second-order valence-electron chi connectivity index (χ2n) is 7.49. The van der Waals surface area contributed by atoms with Crippen LogP contribution in [0.25, 0.3) is 0 Å². The molecule has 2 aliphatic rings. The molecule has 1 aromatic carbocycles. The molecule has 5 nitrogen and oxygen atoms in total. The average Bonchev–Trinajstić information content (AvgIpc) is 3.12. The molecule has 1 aromatic heterocycles. The van der Waals surface area contributed by atoms with Crippen molar-refractivity contribution < 1.29 is 13.2 Å². The zero-order valence-electron chi connectivity index (χ0n) is 15.8. The highest BCUT2D eigenvalue weighted by Gasteiger charge is 2.35. The monoisotopic (exact) mass is 421 g/mol. The topological polar surface area (TPSA) is 53.1 Å². The zero-order chi connectivity index (χ0) is 20.4. The molecule has 0 atom stereocenters. The summed E-state index contributed by atoms with van der Waals surface area (Å²) in [5.74, 6) is 0.0885. The van der Waals surface area contributed by atoms with Gasteiger partial charge in [-0.05, 0) is 36.2 Å². The maximum Gasteiger partial charge on any atom is 0.433 e. The van der Waals surface area contributed by atoms with Crippen molar-refractivity contribution in [3.8, 4) is 0 Å². The molecule has 1 saturated carbocycles. The predicted octanol–water partition coefficient (Wildman–Crippen LogP) is 4.63. The Labute approximate surface area is 172 Å². The van der Waals surface area contributed by atoms with Crippen molar-refractivity contribution in [3.63, 3.8) is 0 Å². The van der Waals surface area contributed by atoms with Crippen LogP contribution in [0.15, 0.2) is 30.3 Å². The van der Waals surface area contributed by atoms with Crippen molar-refractivity contribution in [1.29, 1.82) is 0 Å². The summed E-state index contributed by atoms with van der Waals surface area (Å²) in [5.41, 5.74) is 1.19. The lowest BCUT2D eigenvalue weighted by Crippen LogP contribution is -2.39. The Morgan fingerprint density at radius 1 is 1.03 bits per heavy atom. The van der Waals surface area contributed by atoms with Crippen LogP contribution < -0.4 is 15.5 Å². The van der Waals surface area contributed by atoms with E-state index in [9.17, 15) is 13.2 Å². The average molecular weight is 421 g/mol. The Kier molecular flexibility index (Phi) is 5.58. The molecule has 0 spiro atoms. The first-order valence-corrected chi connectivity index (χ1v) is 10.1. The van der Waals surface area contributed by atoms with Crippen LogP contribution in [0, 0.1) is 0 Å². The number of benzene rings is 1. The number of thiocarbonyl (C=S) groups is 1. The van der Waals surface area contributed by atoms with Gasteiger partial charge in [0, 0.05) is 25.2 Å². The van der Waals surface area contributed by atoms with Crippen molar-refractivity contribution in [3.05, 3.63) is 47.2 Å². The third-order valence-electron chi connectivity index (χ3n) is 5.33. The smallest absolute Gasteiger partial charge is 0.360 e. The van der Waals surface area contributed by atoms with Crippen LogP contribution in [0.1, 0.15) is 48.9 Å². The van der Waals surface area contributed by atoms with Crippen molar-refractivity contribution in [2.75, 3.05) is 10.2 Å². The van der Waals surface area contributed by atoms with Crippen molar-refractivity contribution in [1.82, 2.24) is 15.3 Å². The van der Waals surface area contributed by atoms with Gasteiger partial charge in [0.25, 0.3) is 0 Å². The first-order chi connectivity index (χ1) is 13.9. The van der Waals surface area contributed by atoms with Crippen LogP contribution in [0.3, 0.4) is 0 Å². The van der Waals surface area contributed by atoms with Gasteiger partial charge in [-0.2, -0.15) is 18.2 Å². The molecule has 1 aliphatic carbocycles. The fourth-order valence-corrected chi connectivity index (χ4v) is 4.12. The third-order valence-corrected chi connectivity index (χ3v) is 5.55. The second-order valence-corrected chi connectivity index (χ2v) is 7.90. The van der Waals surface area contributed by atoms with Gasteiger partial charge in [0.2, 0.25) is 5.95 Å². The number of hydrogen-bond donors (Lipinski definition) is 2. The van der Waals surface area contributed by atoms with Crippen LogP contribution in [0.2, 0.25) is 0 Å². The minimum atomic E-state index is -4.57. The Bertz CT molecular complexity index is 871. The molecule has 0 bridgehead atoms. The van der Waals surface area contributed by atoms with Gasteiger partial charge in [-0.3, -0.25) is 0 Å². The van der Waals surface area contributed by atoms with Gasteiger partial charge in [-0.1, -0.05) is 43.5 Å². The second kappa shape index (κ2) is 8.14. The maximum absolute atomic E-state index is 13.4. The summed E-state index contributed by atoms with van der Waals surface area (Å²) in [6, 6.07) is 9.03. The molecule has 1 aliphatic heterocycles. The van der Waals surface area contributed by atoms with Crippen LogP contribution in [-0.2, 0) is 19.3 Å². The summed E-state index contributed by atoms with van der Waals surface area (Å²) in [6.07, 6.45) is 0.890. The van der Waals surface area contributed by atoms with Crippen molar-refractivity contribution in [2.24, 2.45) is 0 Å². The normalized spacial score (nSPS) is 17.1. The van der Waals surface area contributed by atoms with E-state index in [1.54, 1.807) is 0 Å². The molecule has 1 fully saturated rings. The quantitative estimate of drug-likeness (QED) is 0.705. The first-order valence-electron chi connectivity index (χ1n) is 9.74. The summed E-state index contributed by atoms with van der Waals surface area (Å²) in [5, 5.41) is 6.19. The summed E-state index contributed by atoms with van der Waals surface area (Å²) >= 11 is 5.29.